The van der Waals surface area contributed by atoms with Gasteiger partial charge in [0, 0.05) is 55.6 Å². The van der Waals surface area contributed by atoms with Gasteiger partial charge in [-0.2, -0.15) is 0 Å². The van der Waals surface area contributed by atoms with E-state index in [2.05, 4.69) is 230 Å². The molecule has 0 amide bonds. The summed E-state index contributed by atoms with van der Waals surface area (Å²) in [5.74, 6) is 0. The topological polar surface area (TPSA) is 13.1 Å². The highest BCUT2D eigenvalue weighted by Gasteiger charge is 2.41. The van der Waals surface area contributed by atoms with Gasteiger partial charge in [-0.25, -0.2) is 0 Å². The number of benzene rings is 8. The Morgan fingerprint density at radius 2 is 0.914 bits per heavy atom. The first-order chi connectivity index (χ1) is 28.3. The van der Waals surface area contributed by atoms with Gasteiger partial charge < -0.3 is 14.0 Å². The Labute approximate surface area is 339 Å². The van der Waals surface area contributed by atoms with E-state index in [0.717, 1.165) is 22.7 Å². The van der Waals surface area contributed by atoms with E-state index < -0.39 is 0 Å². The Bertz CT molecular complexity index is 3120. The van der Waals surface area contributed by atoms with Crippen LogP contribution in [0.4, 0.5) is 17.1 Å². The van der Waals surface area contributed by atoms with Gasteiger partial charge in [-0.15, -0.1) is 0 Å². The zero-order valence-corrected chi connectivity index (χ0v) is 33.2. The van der Waals surface area contributed by atoms with Crippen LogP contribution in [-0.4, -0.2) is 9.13 Å². The van der Waals surface area contributed by atoms with Crippen LogP contribution in [0.25, 0.3) is 66.3 Å². The first-order valence-corrected chi connectivity index (χ1v) is 20.3. The molecule has 2 aromatic heterocycles. The van der Waals surface area contributed by atoms with Crippen LogP contribution in [0.5, 0.6) is 0 Å². The van der Waals surface area contributed by atoms with Crippen molar-refractivity contribution in [2.24, 2.45) is 0 Å². The zero-order valence-electron chi connectivity index (χ0n) is 33.2. The molecular formula is C55H43N3. The SMILES string of the molecule is Cc1ccc(N(c2ccc(C)cc2)c2ccc(-c3ccc(-n4c5ccccc5c5cc6c(cc54)C(C)(C)c4c(-c5ccccc5)c5ccccc5n4-6)cc3)cc2)cc1. The Balaban J connectivity index is 1.00. The highest BCUT2D eigenvalue weighted by atomic mass is 15.1. The van der Waals surface area contributed by atoms with Crippen LogP contribution in [0.1, 0.15) is 36.2 Å². The number of aromatic nitrogens is 2. The number of anilines is 3. The molecule has 3 heterocycles. The molecule has 11 rings (SSSR count). The molecule has 0 unspecified atom stereocenters. The summed E-state index contributed by atoms with van der Waals surface area (Å²) in [6.07, 6.45) is 0. The van der Waals surface area contributed by atoms with Crippen LogP contribution in [0.2, 0.25) is 0 Å². The van der Waals surface area contributed by atoms with Crippen LogP contribution < -0.4 is 4.90 Å². The molecule has 1 aliphatic rings. The number of hydrogen-bond donors (Lipinski definition) is 0. The predicted octanol–water partition coefficient (Wildman–Crippen LogP) is 14.8. The molecule has 1 aliphatic heterocycles. The summed E-state index contributed by atoms with van der Waals surface area (Å²) in [4.78, 5) is 2.33. The van der Waals surface area contributed by atoms with E-state index in [0.29, 0.717) is 0 Å². The average Bonchev–Trinajstić information content (AvgIpc) is 3.86. The lowest BCUT2D eigenvalue weighted by Crippen LogP contribution is -2.16. The number of hydrogen-bond acceptors (Lipinski definition) is 1. The largest absolute Gasteiger partial charge is 0.312 e. The number of fused-ring (bicyclic) bond motifs is 8. The fourth-order valence-electron chi connectivity index (χ4n) is 9.51. The van der Waals surface area contributed by atoms with E-state index in [4.69, 9.17) is 0 Å². The minimum atomic E-state index is -0.223. The van der Waals surface area contributed by atoms with Gasteiger partial charge in [-0.3, -0.25) is 0 Å². The van der Waals surface area contributed by atoms with E-state index in [9.17, 15) is 0 Å². The van der Waals surface area contributed by atoms with Crippen LogP contribution >= 0.6 is 0 Å². The second-order valence-electron chi connectivity index (χ2n) is 16.4. The lowest BCUT2D eigenvalue weighted by atomic mass is 9.80. The summed E-state index contributed by atoms with van der Waals surface area (Å²) < 4.78 is 5.00. The van der Waals surface area contributed by atoms with Crippen LogP contribution in [0, 0.1) is 13.8 Å². The molecule has 0 saturated carbocycles. The summed E-state index contributed by atoms with van der Waals surface area (Å²) in [6, 6.07) is 69.2. The fourth-order valence-corrected chi connectivity index (χ4v) is 9.51. The Morgan fingerprint density at radius 1 is 0.414 bits per heavy atom. The Kier molecular flexibility index (Phi) is 7.64. The standard InChI is InChI=1S/C55H43N3/c1-36-18-26-41(27-19-36)56(42-28-20-37(2)21-29-42)43-30-22-38(23-31-43)39-24-32-44(33-25-39)57-49-16-10-8-14-45(49)47-34-52-48(35-51(47)57)55(3,4)54-53(40-12-6-5-7-13-40)46-15-9-11-17-50(46)58(52)54/h5-35H,1-4H3. The minimum absolute atomic E-state index is 0.223. The van der Waals surface area contributed by atoms with Gasteiger partial charge in [0.05, 0.1) is 22.2 Å². The van der Waals surface area contributed by atoms with Crippen molar-refractivity contribution < 1.29 is 0 Å². The molecule has 0 N–H and O–H groups in total. The molecule has 10 aromatic rings. The molecule has 0 spiro atoms. The van der Waals surface area contributed by atoms with E-state index in [1.807, 2.05) is 0 Å². The Morgan fingerprint density at radius 3 is 1.52 bits per heavy atom. The van der Waals surface area contributed by atoms with Crippen LogP contribution in [0.3, 0.4) is 0 Å². The smallest absolute Gasteiger partial charge is 0.0545 e. The molecule has 3 heteroatoms. The van der Waals surface area contributed by atoms with Gasteiger partial charge in [0.1, 0.15) is 0 Å². The molecule has 0 radical (unpaired) electrons. The van der Waals surface area contributed by atoms with Crippen molar-refractivity contribution in [1.82, 2.24) is 9.13 Å². The van der Waals surface area contributed by atoms with E-state index >= 15 is 0 Å². The summed E-state index contributed by atoms with van der Waals surface area (Å²) in [5.41, 5.74) is 19.5. The van der Waals surface area contributed by atoms with Crippen LogP contribution in [0.15, 0.2) is 188 Å². The summed E-state index contributed by atoms with van der Waals surface area (Å²) >= 11 is 0. The van der Waals surface area contributed by atoms with Gasteiger partial charge in [-0.05, 0) is 109 Å². The normalized spacial score (nSPS) is 13.0. The lowest BCUT2D eigenvalue weighted by Gasteiger charge is -2.26. The Hall–Kier alpha value is -7.10. The molecule has 8 aromatic carbocycles. The predicted molar refractivity (Wildman–Crippen MR) is 245 cm³/mol. The quantitative estimate of drug-likeness (QED) is 0.165. The molecule has 3 nitrogen and oxygen atoms in total. The maximum atomic E-state index is 2.54. The second kappa shape index (κ2) is 13.0. The maximum absolute atomic E-state index is 2.54. The second-order valence-corrected chi connectivity index (χ2v) is 16.4. The first-order valence-electron chi connectivity index (χ1n) is 20.3. The van der Waals surface area contributed by atoms with Crippen molar-refractivity contribution in [3.63, 3.8) is 0 Å². The minimum Gasteiger partial charge on any atom is -0.312 e. The summed E-state index contributed by atoms with van der Waals surface area (Å²) in [6.45, 7) is 9.07. The lowest BCUT2D eigenvalue weighted by molar-refractivity contribution is 0.647. The third-order valence-corrected chi connectivity index (χ3v) is 12.4. The third kappa shape index (κ3) is 5.20. The molecule has 0 atom stereocenters. The monoisotopic (exact) mass is 745 g/mol. The fraction of sp³-hybridized carbons (Fsp3) is 0.0909. The number of para-hydroxylation sites is 2. The number of rotatable bonds is 6. The average molecular weight is 746 g/mol. The van der Waals surface area contributed by atoms with Gasteiger partial charge in [0.2, 0.25) is 0 Å². The van der Waals surface area contributed by atoms with E-state index in [1.54, 1.807) is 0 Å². The molecule has 0 fully saturated rings. The molecular weight excluding hydrogens is 703 g/mol. The molecule has 0 bridgehead atoms. The van der Waals surface area contributed by atoms with Crippen molar-refractivity contribution in [2.45, 2.75) is 33.1 Å². The van der Waals surface area contributed by atoms with Gasteiger partial charge >= 0.3 is 0 Å². The zero-order chi connectivity index (χ0) is 39.1. The van der Waals surface area contributed by atoms with Crippen molar-refractivity contribution in [3.05, 3.63) is 210 Å². The van der Waals surface area contributed by atoms with Crippen molar-refractivity contribution >= 4 is 49.8 Å². The van der Waals surface area contributed by atoms with Crippen molar-refractivity contribution in [1.29, 1.82) is 0 Å². The summed E-state index contributed by atoms with van der Waals surface area (Å²) in [5, 5.41) is 3.83. The van der Waals surface area contributed by atoms with Crippen LogP contribution in [-0.2, 0) is 5.41 Å². The molecule has 278 valence electrons. The van der Waals surface area contributed by atoms with Crippen molar-refractivity contribution in [2.75, 3.05) is 4.90 Å². The van der Waals surface area contributed by atoms with Crippen molar-refractivity contribution in [3.8, 4) is 33.6 Å². The summed E-state index contributed by atoms with van der Waals surface area (Å²) in [7, 11) is 0. The number of nitrogens with zero attached hydrogens (tertiary/aromatic N) is 3. The third-order valence-electron chi connectivity index (χ3n) is 12.4. The van der Waals surface area contributed by atoms with Gasteiger partial charge in [0.25, 0.3) is 0 Å². The first kappa shape index (κ1) is 34.2. The van der Waals surface area contributed by atoms with E-state index in [-0.39, 0.29) is 5.41 Å². The highest BCUT2D eigenvalue weighted by Crippen LogP contribution is 2.53. The van der Waals surface area contributed by atoms with E-state index in [1.165, 1.54) is 83.0 Å². The molecule has 58 heavy (non-hydrogen) atoms. The highest BCUT2D eigenvalue weighted by molar-refractivity contribution is 6.11. The maximum Gasteiger partial charge on any atom is 0.0545 e. The number of aryl methyl sites for hydroxylation is 2. The molecule has 0 saturated heterocycles. The van der Waals surface area contributed by atoms with Gasteiger partial charge in [-0.1, -0.05) is 140 Å². The molecule has 0 aliphatic carbocycles. The van der Waals surface area contributed by atoms with Gasteiger partial charge in [0.15, 0.2) is 0 Å².